The highest BCUT2D eigenvalue weighted by molar-refractivity contribution is 6.35. The van der Waals surface area contributed by atoms with Crippen molar-refractivity contribution in [3.8, 4) is 11.3 Å². The topological polar surface area (TPSA) is 68.9 Å². The van der Waals surface area contributed by atoms with Crippen molar-refractivity contribution < 1.29 is 18.0 Å². The minimum Gasteiger partial charge on any atom is -0.366 e. The largest absolute Gasteiger partial charge is 0.393 e. The second-order valence-corrected chi connectivity index (χ2v) is 5.83. The van der Waals surface area contributed by atoms with Gasteiger partial charge in [0, 0.05) is 23.3 Å². The number of rotatable bonds is 3. The molecule has 8 heteroatoms. The van der Waals surface area contributed by atoms with E-state index in [2.05, 4.69) is 9.97 Å². The van der Waals surface area contributed by atoms with Crippen molar-refractivity contribution in [2.75, 3.05) is 0 Å². The van der Waals surface area contributed by atoms with Crippen molar-refractivity contribution in [1.29, 1.82) is 0 Å². The predicted octanol–water partition coefficient (Wildman–Crippen LogP) is 4.15. The van der Waals surface area contributed by atoms with Gasteiger partial charge in [-0.05, 0) is 23.8 Å². The molecule has 0 aliphatic heterocycles. The zero-order chi connectivity index (χ0) is 18.2. The van der Waals surface area contributed by atoms with E-state index in [1.54, 1.807) is 18.2 Å². The Morgan fingerprint density at radius 2 is 1.96 bits per heavy atom. The van der Waals surface area contributed by atoms with Gasteiger partial charge in [0.1, 0.15) is 0 Å². The molecule has 0 atom stereocenters. The molecule has 128 valence electrons. The van der Waals surface area contributed by atoms with Gasteiger partial charge in [0.05, 0.1) is 28.2 Å². The van der Waals surface area contributed by atoms with Crippen LogP contribution in [0.15, 0.2) is 42.7 Å². The number of nitrogens with zero attached hydrogens (tertiary/aromatic N) is 2. The summed E-state index contributed by atoms with van der Waals surface area (Å²) in [4.78, 5) is 19.5. The fourth-order valence-electron chi connectivity index (χ4n) is 2.51. The third-order valence-corrected chi connectivity index (χ3v) is 3.87. The van der Waals surface area contributed by atoms with Crippen LogP contribution in [0.25, 0.3) is 22.2 Å². The molecule has 0 spiro atoms. The van der Waals surface area contributed by atoms with E-state index < -0.39 is 18.5 Å². The first kappa shape index (κ1) is 17.2. The number of para-hydroxylation sites is 1. The Hall–Kier alpha value is -2.67. The lowest BCUT2D eigenvalue weighted by Crippen LogP contribution is -2.14. The molecule has 0 aliphatic carbocycles. The molecule has 0 fully saturated rings. The Kier molecular flexibility index (Phi) is 4.34. The normalized spacial score (nSPS) is 11.7. The number of pyridine rings is 2. The quantitative estimate of drug-likeness (QED) is 0.758. The molecule has 0 radical (unpaired) electrons. The molecular weight excluding hydrogens is 355 g/mol. The Morgan fingerprint density at radius 1 is 1.20 bits per heavy atom. The molecule has 1 amide bonds. The molecule has 2 aromatic heterocycles. The Labute approximate surface area is 145 Å². The summed E-state index contributed by atoms with van der Waals surface area (Å²) in [7, 11) is 0. The third-order valence-electron chi connectivity index (χ3n) is 3.56. The van der Waals surface area contributed by atoms with E-state index >= 15 is 0 Å². The van der Waals surface area contributed by atoms with Gasteiger partial charge in [-0.15, -0.1) is 0 Å². The first-order valence-electron chi connectivity index (χ1n) is 7.15. The van der Waals surface area contributed by atoms with E-state index in [0.29, 0.717) is 15.9 Å². The van der Waals surface area contributed by atoms with Gasteiger partial charge in [-0.1, -0.05) is 23.7 Å². The lowest BCUT2D eigenvalue weighted by Gasteiger charge is -2.13. The second-order valence-electron chi connectivity index (χ2n) is 5.43. The molecule has 0 saturated heterocycles. The highest BCUT2D eigenvalue weighted by atomic mass is 35.5. The van der Waals surface area contributed by atoms with Crippen molar-refractivity contribution in [3.63, 3.8) is 0 Å². The number of halogens is 4. The molecule has 4 nitrogen and oxygen atoms in total. The SMILES string of the molecule is NC(=O)c1cncc(-c2nc3c(Cl)cccc3cc2CC(F)(F)F)c1. The van der Waals surface area contributed by atoms with Crippen LogP contribution in [0, 0.1) is 0 Å². The van der Waals surface area contributed by atoms with Gasteiger partial charge in [-0.3, -0.25) is 9.78 Å². The van der Waals surface area contributed by atoms with Crippen molar-refractivity contribution in [1.82, 2.24) is 9.97 Å². The van der Waals surface area contributed by atoms with Crippen LogP contribution in [0.3, 0.4) is 0 Å². The van der Waals surface area contributed by atoms with Gasteiger partial charge in [0.25, 0.3) is 0 Å². The summed E-state index contributed by atoms with van der Waals surface area (Å²) in [5.74, 6) is -0.731. The fraction of sp³-hybridized carbons (Fsp3) is 0.118. The molecule has 2 heterocycles. The lowest BCUT2D eigenvalue weighted by atomic mass is 10.0. The molecule has 1 aromatic carbocycles. The summed E-state index contributed by atoms with van der Waals surface area (Å²) >= 11 is 6.11. The summed E-state index contributed by atoms with van der Waals surface area (Å²) in [5.41, 5.74) is 5.95. The fourth-order valence-corrected chi connectivity index (χ4v) is 2.74. The molecule has 25 heavy (non-hydrogen) atoms. The molecule has 0 aliphatic rings. The number of hydrogen-bond donors (Lipinski definition) is 1. The van der Waals surface area contributed by atoms with E-state index in [1.807, 2.05) is 0 Å². The zero-order valence-electron chi connectivity index (χ0n) is 12.6. The number of hydrogen-bond acceptors (Lipinski definition) is 3. The van der Waals surface area contributed by atoms with Crippen LogP contribution in [0.1, 0.15) is 15.9 Å². The summed E-state index contributed by atoms with van der Waals surface area (Å²) in [6, 6.07) is 7.63. The number of amides is 1. The van der Waals surface area contributed by atoms with Crippen LogP contribution < -0.4 is 5.73 Å². The van der Waals surface area contributed by atoms with Gasteiger partial charge in [0.15, 0.2) is 0 Å². The molecule has 2 N–H and O–H groups in total. The van der Waals surface area contributed by atoms with E-state index in [0.717, 1.165) is 0 Å². The Morgan fingerprint density at radius 3 is 2.64 bits per heavy atom. The van der Waals surface area contributed by atoms with Crippen molar-refractivity contribution in [2.24, 2.45) is 5.73 Å². The smallest absolute Gasteiger partial charge is 0.366 e. The van der Waals surface area contributed by atoms with Gasteiger partial charge in [-0.25, -0.2) is 4.98 Å². The summed E-state index contributed by atoms with van der Waals surface area (Å²) in [6.07, 6.45) is -3.02. The van der Waals surface area contributed by atoms with Crippen molar-refractivity contribution in [2.45, 2.75) is 12.6 Å². The number of carbonyl (C=O) groups excluding carboxylic acids is 1. The van der Waals surface area contributed by atoms with Crippen LogP contribution in [0.5, 0.6) is 0 Å². The highest BCUT2D eigenvalue weighted by Crippen LogP contribution is 2.32. The standard InChI is InChI=1S/C17H11ClF3N3O/c18-13-3-1-2-9-4-10(6-17(19,20)21)14(24-15(9)13)11-5-12(16(22)25)8-23-7-11/h1-5,7-8H,6H2,(H2,22,25). The number of aromatic nitrogens is 2. The molecular formula is C17H11ClF3N3O. The first-order valence-corrected chi connectivity index (χ1v) is 7.52. The highest BCUT2D eigenvalue weighted by Gasteiger charge is 2.30. The minimum atomic E-state index is -4.42. The average molecular weight is 366 g/mol. The number of nitrogens with two attached hydrogens (primary N) is 1. The number of fused-ring (bicyclic) bond motifs is 1. The Balaban J connectivity index is 2.27. The van der Waals surface area contributed by atoms with Crippen molar-refractivity contribution >= 4 is 28.4 Å². The average Bonchev–Trinajstić information content (AvgIpc) is 2.53. The van der Waals surface area contributed by atoms with E-state index in [1.165, 1.54) is 24.5 Å². The monoisotopic (exact) mass is 365 g/mol. The minimum absolute atomic E-state index is 0.0364. The van der Waals surface area contributed by atoms with Crippen LogP contribution in [0.4, 0.5) is 13.2 Å². The maximum Gasteiger partial charge on any atom is 0.393 e. The molecule has 3 rings (SSSR count). The van der Waals surface area contributed by atoms with Gasteiger partial charge in [0.2, 0.25) is 5.91 Å². The van der Waals surface area contributed by atoms with Crippen LogP contribution in [-0.4, -0.2) is 22.1 Å². The van der Waals surface area contributed by atoms with E-state index in [-0.39, 0.29) is 22.4 Å². The van der Waals surface area contributed by atoms with Crippen LogP contribution in [0.2, 0.25) is 5.02 Å². The number of primary amides is 1. The molecule has 0 saturated carbocycles. The van der Waals surface area contributed by atoms with E-state index in [4.69, 9.17) is 17.3 Å². The molecule has 0 bridgehead atoms. The zero-order valence-corrected chi connectivity index (χ0v) is 13.4. The second kappa shape index (κ2) is 6.33. The van der Waals surface area contributed by atoms with Crippen LogP contribution in [-0.2, 0) is 6.42 Å². The maximum atomic E-state index is 13.0. The predicted molar refractivity (Wildman–Crippen MR) is 88.3 cm³/mol. The lowest BCUT2D eigenvalue weighted by molar-refractivity contribution is -0.127. The van der Waals surface area contributed by atoms with E-state index in [9.17, 15) is 18.0 Å². The third kappa shape index (κ3) is 3.71. The van der Waals surface area contributed by atoms with Crippen molar-refractivity contribution in [3.05, 3.63) is 58.9 Å². The summed E-state index contributed by atoms with van der Waals surface area (Å²) < 4.78 is 38.9. The van der Waals surface area contributed by atoms with Gasteiger partial charge < -0.3 is 5.73 Å². The molecule has 0 unspecified atom stereocenters. The number of alkyl halides is 3. The Bertz CT molecular complexity index is 973. The van der Waals surface area contributed by atoms with Crippen LogP contribution >= 0.6 is 11.6 Å². The molecule has 3 aromatic rings. The van der Waals surface area contributed by atoms with Gasteiger partial charge in [-0.2, -0.15) is 13.2 Å². The summed E-state index contributed by atoms with van der Waals surface area (Å²) in [6.45, 7) is 0. The number of carbonyl (C=O) groups is 1. The number of benzene rings is 1. The van der Waals surface area contributed by atoms with Gasteiger partial charge >= 0.3 is 6.18 Å². The maximum absolute atomic E-state index is 13.0. The first-order chi connectivity index (χ1) is 11.7. The summed E-state index contributed by atoms with van der Waals surface area (Å²) in [5, 5.41) is 0.811.